The zero-order valence-electron chi connectivity index (χ0n) is 10.1. The van der Waals surface area contributed by atoms with E-state index < -0.39 is 5.97 Å². The molecule has 96 valence electrons. The van der Waals surface area contributed by atoms with E-state index in [1.165, 1.54) is 0 Å². The van der Waals surface area contributed by atoms with Gasteiger partial charge in [-0.15, -0.1) is 0 Å². The van der Waals surface area contributed by atoms with Crippen LogP contribution in [0.15, 0.2) is 0 Å². The summed E-state index contributed by atoms with van der Waals surface area (Å²) < 4.78 is 5.38. The largest absolute Gasteiger partial charge is 0.481 e. The van der Waals surface area contributed by atoms with Crippen LogP contribution in [0.5, 0.6) is 0 Å². The zero-order chi connectivity index (χ0) is 12.4. The van der Waals surface area contributed by atoms with E-state index in [-0.39, 0.29) is 24.0 Å². The van der Waals surface area contributed by atoms with Gasteiger partial charge in [0, 0.05) is 19.2 Å². The Morgan fingerprint density at radius 2 is 2.12 bits per heavy atom. The fraction of sp³-hybridized carbons (Fsp3) is 0.833. The standard InChI is InChI=1S/C12H19NO4/c1-8-7-9(12(15)16)4-5-13(8)11(14)10-3-2-6-17-10/h8-10H,2-7H2,1H3,(H,15,16)/t8?,9?,10-/m0/s1. The summed E-state index contributed by atoms with van der Waals surface area (Å²) in [6.45, 7) is 3.12. The van der Waals surface area contributed by atoms with E-state index in [9.17, 15) is 9.59 Å². The van der Waals surface area contributed by atoms with Crippen molar-refractivity contribution >= 4 is 11.9 Å². The van der Waals surface area contributed by atoms with E-state index >= 15 is 0 Å². The molecule has 2 saturated heterocycles. The minimum Gasteiger partial charge on any atom is -0.481 e. The van der Waals surface area contributed by atoms with Gasteiger partial charge in [0.2, 0.25) is 0 Å². The Morgan fingerprint density at radius 1 is 1.35 bits per heavy atom. The first-order valence-electron chi connectivity index (χ1n) is 6.24. The summed E-state index contributed by atoms with van der Waals surface area (Å²) in [5, 5.41) is 8.96. The molecule has 5 heteroatoms. The molecule has 0 aromatic carbocycles. The number of carbonyl (C=O) groups excluding carboxylic acids is 1. The zero-order valence-corrected chi connectivity index (χ0v) is 10.1. The topological polar surface area (TPSA) is 66.8 Å². The summed E-state index contributed by atoms with van der Waals surface area (Å²) in [6.07, 6.45) is 2.55. The van der Waals surface area contributed by atoms with Gasteiger partial charge in [0.25, 0.3) is 5.91 Å². The molecule has 5 nitrogen and oxygen atoms in total. The Hall–Kier alpha value is -1.10. The molecular formula is C12H19NO4. The van der Waals surface area contributed by atoms with Crippen LogP contribution in [0, 0.1) is 5.92 Å². The Balaban J connectivity index is 1.94. The third-order valence-electron chi connectivity index (χ3n) is 3.71. The molecule has 0 aliphatic carbocycles. The summed E-state index contributed by atoms with van der Waals surface area (Å²) >= 11 is 0. The van der Waals surface area contributed by atoms with Crippen molar-refractivity contribution in [2.24, 2.45) is 5.92 Å². The number of ether oxygens (including phenoxy) is 1. The summed E-state index contributed by atoms with van der Waals surface area (Å²) in [6, 6.07) is 0.00144. The van der Waals surface area contributed by atoms with Crippen LogP contribution in [0.2, 0.25) is 0 Å². The van der Waals surface area contributed by atoms with Crippen molar-refractivity contribution in [1.29, 1.82) is 0 Å². The average Bonchev–Trinajstić information content (AvgIpc) is 2.81. The van der Waals surface area contributed by atoms with Crippen molar-refractivity contribution in [2.75, 3.05) is 13.2 Å². The van der Waals surface area contributed by atoms with Crippen molar-refractivity contribution in [2.45, 2.75) is 44.8 Å². The summed E-state index contributed by atoms with van der Waals surface area (Å²) in [4.78, 5) is 24.8. The lowest BCUT2D eigenvalue weighted by Crippen LogP contribution is -2.49. The predicted molar refractivity (Wildman–Crippen MR) is 60.5 cm³/mol. The summed E-state index contributed by atoms with van der Waals surface area (Å²) in [5.41, 5.74) is 0. The molecule has 1 amide bonds. The van der Waals surface area contributed by atoms with Crippen molar-refractivity contribution in [3.63, 3.8) is 0 Å². The minimum atomic E-state index is -0.749. The molecule has 0 saturated carbocycles. The van der Waals surface area contributed by atoms with Crippen molar-refractivity contribution in [1.82, 2.24) is 4.90 Å². The van der Waals surface area contributed by atoms with Crippen LogP contribution in [-0.4, -0.2) is 47.2 Å². The van der Waals surface area contributed by atoms with Gasteiger partial charge in [-0.25, -0.2) is 0 Å². The number of carboxylic acid groups (broad SMARTS) is 1. The van der Waals surface area contributed by atoms with Gasteiger partial charge in [0.05, 0.1) is 5.92 Å². The molecular weight excluding hydrogens is 222 g/mol. The monoisotopic (exact) mass is 241 g/mol. The number of carbonyl (C=O) groups is 2. The van der Waals surface area contributed by atoms with E-state index in [0.29, 0.717) is 26.0 Å². The normalized spacial score (nSPS) is 33.7. The van der Waals surface area contributed by atoms with Crippen molar-refractivity contribution in [3.8, 4) is 0 Å². The molecule has 2 aliphatic heterocycles. The first-order chi connectivity index (χ1) is 8.09. The fourth-order valence-electron chi connectivity index (χ4n) is 2.68. The lowest BCUT2D eigenvalue weighted by atomic mass is 9.91. The van der Waals surface area contributed by atoms with Crippen LogP contribution in [0.1, 0.15) is 32.6 Å². The molecule has 0 aromatic heterocycles. The summed E-state index contributed by atoms with van der Waals surface area (Å²) in [7, 11) is 0. The number of aliphatic carboxylic acids is 1. The van der Waals surface area contributed by atoms with Gasteiger partial charge < -0.3 is 14.7 Å². The number of nitrogens with zero attached hydrogens (tertiary/aromatic N) is 1. The Bertz CT molecular complexity index is 312. The molecule has 2 heterocycles. The number of piperidine rings is 1. The minimum absolute atomic E-state index is 0.00144. The second-order valence-electron chi connectivity index (χ2n) is 4.94. The molecule has 0 spiro atoms. The fourth-order valence-corrected chi connectivity index (χ4v) is 2.68. The highest BCUT2D eigenvalue weighted by atomic mass is 16.5. The third-order valence-corrected chi connectivity index (χ3v) is 3.71. The van der Waals surface area contributed by atoms with Crippen molar-refractivity contribution < 1.29 is 19.4 Å². The second kappa shape index (κ2) is 5.04. The first kappa shape index (κ1) is 12.4. The molecule has 1 N–H and O–H groups in total. The maximum Gasteiger partial charge on any atom is 0.306 e. The maximum atomic E-state index is 12.1. The van der Waals surface area contributed by atoms with Gasteiger partial charge in [0.15, 0.2) is 0 Å². The summed E-state index contributed by atoms with van der Waals surface area (Å²) in [5.74, 6) is -1.02. The van der Waals surface area contributed by atoms with E-state index in [4.69, 9.17) is 9.84 Å². The number of carboxylic acids is 1. The second-order valence-corrected chi connectivity index (χ2v) is 4.94. The quantitative estimate of drug-likeness (QED) is 0.779. The third kappa shape index (κ3) is 2.60. The lowest BCUT2D eigenvalue weighted by molar-refractivity contribution is -0.151. The molecule has 17 heavy (non-hydrogen) atoms. The number of amides is 1. The highest BCUT2D eigenvalue weighted by molar-refractivity contribution is 5.82. The highest BCUT2D eigenvalue weighted by Crippen LogP contribution is 2.25. The average molecular weight is 241 g/mol. The van der Waals surface area contributed by atoms with Gasteiger partial charge >= 0.3 is 5.97 Å². The molecule has 2 fully saturated rings. The molecule has 0 bridgehead atoms. The molecule has 2 aliphatic rings. The van der Waals surface area contributed by atoms with Crippen LogP contribution >= 0.6 is 0 Å². The number of hydrogen-bond acceptors (Lipinski definition) is 3. The Labute approximate surface area is 101 Å². The van der Waals surface area contributed by atoms with Crippen LogP contribution in [0.4, 0.5) is 0 Å². The maximum absolute atomic E-state index is 12.1. The van der Waals surface area contributed by atoms with Crippen LogP contribution in [0.3, 0.4) is 0 Å². The molecule has 3 atom stereocenters. The number of likely N-dealkylation sites (tertiary alicyclic amines) is 1. The Morgan fingerprint density at radius 3 is 2.65 bits per heavy atom. The molecule has 2 unspecified atom stereocenters. The van der Waals surface area contributed by atoms with E-state index in [1.807, 2.05) is 6.92 Å². The van der Waals surface area contributed by atoms with Gasteiger partial charge in [-0.2, -0.15) is 0 Å². The van der Waals surface area contributed by atoms with E-state index in [0.717, 1.165) is 12.8 Å². The van der Waals surface area contributed by atoms with E-state index in [2.05, 4.69) is 0 Å². The SMILES string of the molecule is CC1CC(C(=O)O)CCN1C(=O)[C@@H]1CCCO1. The molecule has 2 rings (SSSR count). The van der Waals surface area contributed by atoms with Crippen LogP contribution < -0.4 is 0 Å². The Kier molecular flexibility index (Phi) is 3.66. The van der Waals surface area contributed by atoms with Gasteiger partial charge in [-0.3, -0.25) is 9.59 Å². The van der Waals surface area contributed by atoms with Crippen LogP contribution in [0.25, 0.3) is 0 Å². The first-order valence-corrected chi connectivity index (χ1v) is 6.24. The number of rotatable bonds is 2. The smallest absolute Gasteiger partial charge is 0.306 e. The highest BCUT2D eigenvalue weighted by Gasteiger charge is 2.36. The predicted octanol–water partition coefficient (Wildman–Crippen LogP) is 0.877. The molecule has 0 radical (unpaired) electrons. The lowest BCUT2D eigenvalue weighted by Gasteiger charge is -2.37. The van der Waals surface area contributed by atoms with Gasteiger partial charge in [-0.1, -0.05) is 0 Å². The van der Waals surface area contributed by atoms with Gasteiger partial charge in [0.1, 0.15) is 6.10 Å². The number of hydrogen-bond donors (Lipinski definition) is 1. The molecule has 0 aromatic rings. The van der Waals surface area contributed by atoms with Gasteiger partial charge in [-0.05, 0) is 32.6 Å². The van der Waals surface area contributed by atoms with E-state index in [1.54, 1.807) is 4.90 Å². The van der Waals surface area contributed by atoms with Crippen molar-refractivity contribution in [3.05, 3.63) is 0 Å². The van der Waals surface area contributed by atoms with Crippen LogP contribution in [-0.2, 0) is 14.3 Å².